The Hall–Kier alpha value is -0.610. The lowest BCUT2D eigenvalue weighted by molar-refractivity contribution is -0.195. The van der Waals surface area contributed by atoms with Crippen molar-refractivity contribution < 1.29 is 19.0 Å². The number of hydrogen-bond donors (Lipinski definition) is 0. The van der Waals surface area contributed by atoms with Gasteiger partial charge in [0.05, 0.1) is 24.7 Å². The molecule has 0 aliphatic rings. The third-order valence-corrected chi connectivity index (χ3v) is 2.09. The third-order valence-electron chi connectivity index (χ3n) is 2.09. The average Bonchev–Trinajstić information content (AvgIpc) is 2.14. The molecule has 0 rings (SSSR count). The van der Waals surface area contributed by atoms with Crippen molar-refractivity contribution in [1.82, 2.24) is 0 Å². The van der Waals surface area contributed by atoms with E-state index in [0.29, 0.717) is 0 Å². The molecule has 0 aliphatic carbocycles. The zero-order chi connectivity index (χ0) is 13.4. The van der Waals surface area contributed by atoms with E-state index in [1.54, 1.807) is 0 Å². The van der Waals surface area contributed by atoms with Crippen molar-refractivity contribution in [3.63, 3.8) is 0 Å². The first-order chi connectivity index (χ1) is 7.85. The van der Waals surface area contributed by atoms with Gasteiger partial charge in [0.1, 0.15) is 0 Å². The Kier molecular flexibility index (Phi) is 8.17. The van der Waals surface area contributed by atoms with Gasteiger partial charge in [0.25, 0.3) is 0 Å². The van der Waals surface area contributed by atoms with E-state index < -0.39 is 6.29 Å². The molecule has 1 unspecified atom stereocenters. The van der Waals surface area contributed by atoms with Gasteiger partial charge in [-0.25, -0.2) is 0 Å². The van der Waals surface area contributed by atoms with Gasteiger partial charge in [0, 0.05) is 0 Å². The van der Waals surface area contributed by atoms with Crippen molar-refractivity contribution in [3.8, 4) is 0 Å². The molecule has 4 heteroatoms. The lowest BCUT2D eigenvalue weighted by Crippen LogP contribution is -2.29. The van der Waals surface area contributed by atoms with Crippen molar-refractivity contribution in [3.05, 3.63) is 0 Å². The molecule has 0 aromatic heterocycles. The summed E-state index contributed by atoms with van der Waals surface area (Å²) in [6, 6.07) is 0. The maximum absolute atomic E-state index is 11.6. The van der Waals surface area contributed by atoms with Crippen molar-refractivity contribution in [2.75, 3.05) is 0 Å². The van der Waals surface area contributed by atoms with Crippen LogP contribution in [-0.2, 0) is 19.0 Å². The monoisotopic (exact) mass is 246 g/mol. The maximum atomic E-state index is 11.6. The van der Waals surface area contributed by atoms with E-state index in [1.807, 2.05) is 41.5 Å². The number of rotatable bonds is 8. The largest absolute Gasteiger partial charge is 0.463 e. The van der Waals surface area contributed by atoms with E-state index in [4.69, 9.17) is 14.2 Å². The Balaban J connectivity index is 4.17. The predicted molar refractivity (Wildman–Crippen MR) is 66.7 cm³/mol. The molecule has 0 bridgehead atoms. The molecular formula is C13H26O4. The van der Waals surface area contributed by atoms with Crippen molar-refractivity contribution in [2.24, 2.45) is 0 Å². The number of carbonyl (C=O) groups is 1. The number of carbonyl (C=O) groups excluding carboxylic acids is 1. The molecule has 0 aliphatic heterocycles. The first-order valence-electron chi connectivity index (χ1n) is 6.35. The van der Waals surface area contributed by atoms with Gasteiger partial charge in [-0.15, -0.1) is 0 Å². The lowest BCUT2D eigenvalue weighted by atomic mass is 10.3. The molecule has 0 spiro atoms. The molecule has 0 fully saturated rings. The second-order valence-corrected chi connectivity index (χ2v) is 4.71. The highest BCUT2D eigenvalue weighted by Gasteiger charge is 2.20. The molecule has 0 N–H and O–H groups in total. The molecule has 0 aromatic carbocycles. The summed E-state index contributed by atoms with van der Waals surface area (Å²) < 4.78 is 16.2. The second-order valence-electron chi connectivity index (χ2n) is 4.71. The van der Waals surface area contributed by atoms with Crippen LogP contribution in [0, 0.1) is 0 Å². The highest BCUT2D eigenvalue weighted by atomic mass is 16.7. The van der Waals surface area contributed by atoms with Crippen LogP contribution < -0.4 is 0 Å². The maximum Gasteiger partial charge on any atom is 0.311 e. The van der Waals surface area contributed by atoms with E-state index in [0.717, 1.165) is 6.42 Å². The van der Waals surface area contributed by atoms with Gasteiger partial charge in [-0.05, 0) is 41.0 Å². The van der Waals surface area contributed by atoms with Crippen LogP contribution in [0.15, 0.2) is 0 Å². The number of esters is 1. The van der Waals surface area contributed by atoms with Crippen molar-refractivity contribution in [1.29, 1.82) is 0 Å². The van der Waals surface area contributed by atoms with Gasteiger partial charge in [-0.3, -0.25) is 4.79 Å². The lowest BCUT2D eigenvalue weighted by Gasteiger charge is -2.22. The molecule has 0 saturated carbocycles. The van der Waals surface area contributed by atoms with Gasteiger partial charge < -0.3 is 14.2 Å². The van der Waals surface area contributed by atoms with E-state index in [1.165, 1.54) is 0 Å². The van der Waals surface area contributed by atoms with E-state index in [9.17, 15) is 4.79 Å². The highest BCUT2D eigenvalue weighted by Crippen LogP contribution is 2.10. The zero-order valence-corrected chi connectivity index (χ0v) is 11.9. The Bertz CT molecular complexity index is 203. The van der Waals surface area contributed by atoms with E-state index in [2.05, 4.69) is 0 Å². The van der Waals surface area contributed by atoms with Gasteiger partial charge in [-0.2, -0.15) is 0 Å². The van der Waals surface area contributed by atoms with Gasteiger partial charge in [0.2, 0.25) is 0 Å². The molecular weight excluding hydrogens is 220 g/mol. The Morgan fingerprint density at radius 3 is 1.82 bits per heavy atom. The summed E-state index contributed by atoms with van der Waals surface area (Å²) in [6.45, 7) is 11.5. The highest BCUT2D eigenvalue weighted by molar-refractivity contribution is 5.69. The SMILES string of the molecule is CCC(C)OC(=O)CC(OC(C)C)OC(C)C. The summed E-state index contributed by atoms with van der Waals surface area (Å²) in [4.78, 5) is 11.6. The molecule has 102 valence electrons. The number of hydrogen-bond acceptors (Lipinski definition) is 4. The van der Waals surface area contributed by atoms with E-state index in [-0.39, 0.29) is 30.7 Å². The third kappa shape index (κ3) is 9.12. The zero-order valence-electron chi connectivity index (χ0n) is 11.9. The standard InChI is InChI=1S/C13H26O4/c1-7-11(6)17-12(14)8-13(15-9(2)3)16-10(4)5/h9-11,13H,7-8H2,1-6H3. The first-order valence-corrected chi connectivity index (χ1v) is 6.35. The topological polar surface area (TPSA) is 44.8 Å². The van der Waals surface area contributed by atoms with Crippen LogP contribution in [-0.4, -0.2) is 30.6 Å². The normalized spacial score (nSPS) is 13.5. The van der Waals surface area contributed by atoms with E-state index >= 15 is 0 Å². The van der Waals surface area contributed by atoms with Gasteiger partial charge in [0.15, 0.2) is 6.29 Å². The Morgan fingerprint density at radius 1 is 1.00 bits per heavy atom. The molecule has 1 atom stereocenters. The molecule has 0 radical (unpaired) electrons. The van der Waals surface area contributed by atoms with Crippen LogP contribution >= 0.6 is 0 Å². The molecule has 4 nitrogen and oxygen atoms in total. The number of ether oxygens (including phenoxy) is 3. The van der Waals surface area contributed by atoms with Crippen LogP contribution in [0.2, 0.25) is 0 Å². The molecule has 0 amide bonds. The summed E-state index contributed by atoms with van der Waals surface area (Å²) in [5, 5.41) is 0. The predicted octanol–water partition coefficient (Wildman–Crippen LogP) is 2.89. The van der Waals surface area contributed by atoms with Crippen LogP contribution in [0.3, 0.4) is 0 Å². The summed E-state index contributed by atoms with van der Waals surface area (Å²) in [7, 11) is 0. The first kappa shape index (κ1) is 16.4. The van der Waals surface area contributed by atoms with Gasteiger partial charge in [-0.1, -0.05) is 6.92 Å². The van der Waals surface area contributed by atoms with Crippen LogP contribution in [0.25, 0.3) is 0 Å². The van der Waals surface area contributed by atoms with Crippen LogP contribution in [0.5, 0.6) is 0 Å². The average molecular weight is 246 g/mol. The fraction of sp³-hybridized carbons (Fsp3) is 0.923. The Labute approximate surface area is 105 Å². The fourth-order valence-electron chi connectivity index (χ4n) is 1.23. The quantitative estimate of drug-likeness (QED) is 0.488. The Morgan fingerprint density at radius 2 is 1.47 bits per heavy atom. The molecule has 17 heavy (non-hydrogen) atoms. The van der Waals surface area contributed by atoms with Crippen LogP contribution in [0.1, 0.15) is 54.4 Å². The van der Waals surface area contributed by atoms with Crippen molar-refractivity contribution in [2.45, 2.75) is 79.0 Å². The molecule has 0 heterocycles. The summed E-state index contributed by atoms with van der Waals surface area (Å²) >= 11 is 0. The minimum atomic E-state index is -0.522. The fourth-order valence-corrected chi connectivity index (χ4v) is 1.23. The smallest absolute Gasteiger partial charge is 0.311 e. The summed E-state index contributed by atoms with van der Waals surface area (Å²) in [5.41, 5.74) is 0. The summed E-state index contributed by atoms with van der Waals surface area (Å²) in [5.74, 6) is -0.273. The van der Waals surface area contributed by atoms with Gasteiger partial charge >= 0.3 is 5.97 Å². The van der Waals surface area contributed by atoms with Crippen molar-refractivity contribution >= 4 is 5.97 Å². The minimum absolute atomic E-state index is 0.0233. The second kappa shape index (κ2) is 8.48. The molecule has 0 saturated heterocycles. The minimum Gasteiger partial charge on any atom is -0.463 e. The summed E-state index contributed by atoms with van der Waals surface area (Å²) in [6.07, 6.45) is 0.422. The van der Waals surface area contributed by atoms with Crippen LogP contribution in [0.4, 0.5) is 0 Å². The molecule has 0 aromatic rings.